The van der Waals surface area contributed by atoms with Gasteiger partial charge in [0, 0.05) is 28.2 Å². The van der Waals surface area contributed by atoms with Gasteiger partial charge in [0.1, 0.15) is 5.82 Å². The second-order valence-electron chi connectivity index (χ2n) is 8.52. The Hall–Kier alpha value is -2.90. The number of nitrogen functional groups attached to an aromatic ring is 1. The summed E-state index contributed by atoms with van der Waals surface area (Å²) in [5.41, 5.74) is 12.6. The first-order valence-electron chi connectivity index (χ1n) is 10.8. The zero-order chi connectivity index (χ0) is 21.4. The van der Waals surface area contributed by atoms with E-state index in [1.165, 1.54) is 12.8 Å². The Morgan fingerprint density at radius 3 is 2.55 bits per heavy atom. The van der Waals surface area contributed by atoms with Crippen LogP contribution in [0.5, 0.6) is 0 Å². The number of nitrogens with zero attached hydrogens (tertiary/aromatic N) is 4. The number of hydrogen-bond donors (Lipinski definition) is 2. The lowest BCUT2D eigenvalue weighted by Gasteiger charge is -2.33. The molecule has 0 aliphatic heterocycles. The highest BCUT2D eigenvalue weighted by Gasteiger charge is 2.29. The molecule has 1 aromatic carbocycles. The van der Waals surface area contributed by atoms with Crippen molar-refractivity contribution in [3.63, 3.8) is 0 Å². The highest BCUT2D eigenvalue weighted by Crippen LogP contribution is 2.42. The molecule has 3 N–H and O–H groups in total. The van der Waals surface area contributed by atoms with Gasteiger partial charge in [-0.15, -0.1) is 5.10 Å². The summed E-state index contributed by atoms with van der Waals surface area (Å²) in [6, 6.07) is 13.0. The summed E-state index contributed by atoms with van der Waals surface area (Å²) in [5.74, 6) is 0.968. The number of anilines is 3. The molecular weight excluding hydrogens is 404 g/mol. The van der Waals surface area contributed by atoms with E-state index in [1.807, 2.05) is 28.9 Å². The van der Waals surface area contributed by atoms with Crippen LogP contribution in [0.1, 0.15) is 37.2 Å². The molecule has 0 spiro atoms. The molecule has 0 unspecified atom stereocenters. The number of fused-ring (bicyclic) bond motifs is 1. The van der Waals surface area contributed by atoms with Gasteiger partial charge in [0.25, 0.3) is 0 Å². The topological polar surface area (TPSA) is 71.5 Å². The Morgan fingerprint density at radius 2 is 1.87 bits per heavy atom. The normalized spacial score (nSPS) is 19.2. The molecule has 0 bridgehead atoms. The SMILES string of the molecule is CN(C)C1CCC(c2c(N)nn3c(-c4ccsc4)cnc3c2Nc2ccccc2)CC1. The molecule has 1 saturated carbocycles. The van der Waals surface area contributed by atoms with Crippen LogP contribution < -0.4 is 11.1 Å². The molecule has 6 nitrogen and oxygen atoms in total. The van der Waals surface area contributed by atoms with E-state index in [0.717, 1.165) is 46.7 Å². The van der Waals surface area contributed by atoms with Crippen molar-refractivity contribution in [2.75, 3.05) is 25.1 Å². The van der Waals surface area contributed by atoms with Gasteiger partial charge < -0.3 is 16.0 Å². The summed E-state index contributed by atoms with van der Waals surface area (Å²) in [6.07, 6.45) is 6.44. The first-order valence-corrected chi connectivity index (χ1v) is 11.7. The van der Waals surface area contributed by atoms with E-state index >= 15 is 0 Å². The van der Waals surface area contributed by atoms with Gasteiger partial charge in [0.05, 0.1) is 17.6 Å². The van der Waals surface area contributed by atoms with Gasteiger partial charge in [-0.05, 0) is 69.3 Å². The van der Waals surface area contributed by atoms with Gasteiger partial charge >= 0.3 is 0 Å². The average molecular weight is 433 g/mol. The molecule has 1 aliphatic rings. The van der Waals surface area contributed by atoms with Crippen LogP contribution in [-0.2, 0) is 0 Å². The lowest BCUT2D eigenvalue weighted by atomic mass is 9.81. The number of para-hydroxylation sites is 1. The fourth-order valence-electron chi connectivity index (χ4n) is 4.72. The first kappa shape index (κ1) is 20.0. The van der Waals surface area contributed by atoms with Crippen LogP contribution in [0.2, 0.25) is 0 Å². The first-order chi connectivity index (χ1) is 15.1. The standard InChI is InChI=1S/C24H28N6S/c1-29(2)19-10-8-16(9-11-19)21-22(27-18-6-4-3-5-7-18)24-26-14-20(17-12-13-31-15-17)30(24)28-23(21)25/h3-7,12-16,19,27H,8-11H2,1-2H3,(H2,25,28). The van der Waals surface area contributed by atoms with Gasteiger partial charge in [-0.1, -0.05) is 18.2 Å². The Labute approximate surface area is 186 Å². The van der Waals surface area contributed by atoms with E-state index in [-0.39, 0.29) is 0 Å². The molecule has 0 radical (unpaired) electrons. The molecular formula is C24H28N6S. The second kappa shape index (κ2) is 8.32. The molecule has 1 aliphatic carbocycles. The molecule has 160 valence electrons. The van der Waals surface area contributed by atoms with Gasteiger partial charge in [0.2, 0.25) is 0 Å². The summed E-state index contributed by atoms with van der Waals surface area (Å²) < 4.78 is 1.89. The van der Waals surface area contributed by atoms with E-state index in [2.05, 4.69) is 53.3 Å². The number of benzene rings is 1. The molecule has 1 fully saturated rings. The van der Waals surface area contributed by atoms with Gasteiger partial charge in [-0.2, -0.15) is 11.3 Å². The fourth-order valence-corrected chi connectivity index (χ4v) is 5.37. The summed E-state index contributed by atoms with van der Waals surface area (Å²) in [6.45, 7) is 0. The van der Waals surface area contributed by atoms with E-state index in [1.54, 1.807) is 11.3 Å². The Bertz CT molecular complexity index is 1160. The summed E-state index contributed by atoms with van der Waals surface area (Å²) in [7, 11) is 4.34. The highest BCUT2D eigenvalue weighted by molar-refractivity contribution is 7.08. The van der Waals surface area contributed by atoms with Gasteiger partial charge in [-0.25, -0.2) is 9.50 Å². The molecule has 31 heavy (non-hydrogen) atoms. The Kier molecular flexibility index (Phi) is 5.38. The third-order valence-corrected chi connectivity index (χ3v) is 7.09. The molecule has 0 saturated heterocycles. The molecule has 4 aromatic rings. The zero-order valence-corrected chi connectivity index (χ0v) is 18.8. The van der Waals surface area contributed by atoms with Crippen LogP contribution in [0.25, 0.3) is 16.9 Å². The van der Waals surface area contributed by atoms with Crippen LogP contribution in [0.4, 0.5) is 17.2 Å². The van der Waals surface area contributed by atoms with Crippen LogP contribution in [0.3, 0.4) is 0 Å². The maximum Gasteiger partial charge on any atom is 0.178 e. The van der Waals surface area contributed by atoms with Crippen molar-refractivity contribution < 1.29 is 0 Å². The zero-order valence-electron chi connectivity index (χ0n) is 18.0. The maximum atomic E-state index is 6.64. The number of nitrogens with one attached hydrogen (secondary N) is 1. The summed E-state index contributed by atoms with van der Waals surface area (Å²) >= 11 is 1.67. The Balaban J connectivity index is 1.62. The molecule has 0 atom stereocenters. The molecule has 0 amide bonds. The van der Waals surface area contributed by atoms with Crippen molar-refractivity contribution >= 4 is 34.2 Å². The number of nitrogens with two attached hydrogens (primary N) is 1. The van der Waals surface area contributed by atoms with Crippen molar-refractivity contribution in [2.24, 2.45) is 0 Å². The lowest BCUT2D eigenvalue weighted by molar-refractivity contribution is 0.216. The van der Waals surface area contributed by atoms with Crippen LogP contribution in [0, 0.1) is 0 Å². The number of hydrogen-bond acceptors (Lipinski definition) is 6. The molecule has 3 aromatic heterocycles. The van der Waals surface area contributed by atoms with Crippen molar-refractivity contribution in [3.05, 3.63) is 58.9 Å². The van der Waals surface area contributed by atoms with Crippen LogP contribution >= 0.6 is 11.3 Å². The smallest absolute Gasteiger partial charge is 0.178 e. The van der Waals surface area contributed by atoms with E-state index in [4.69, 9.17) is 15.8 Å². The van der Waals surface area contributed by atoms with E-state index in [0.29, 0.717) is 17.8 Å². The molecule has 5 rings (SSSR count). The quantitative estimate of drug-likeness (QED) is 0.443. The number of thiophene rings is 1. The van der Waals surface area contributed by atoms with E-state index < -0.39 is 0 Å². The van der Waals surface area contributed by atoms with Gasteiger partial charge in [-0.3, -0.25) is 0 Å². The highest BCUT2D eigenvalue weighted by atomic mass is 32.1. The average Bonchev–Trinajstić information content (AvgIpc) is 3.44. The third kappa shape index (κ3) is 3.79. The van der Waals surface area contributed by atoms with Crippen LogP contribution in [-0.4, -0.2) is 39.6 Å². The molecule has 3 heterocycles. The van der Waals surface area contributed by atoms with Gasteiger partial charge in [0.15, 0.2) is 5.65 Å². The largest absolute Gasteiger partial charge is 0.382 e. The predicted octanol–water partition coefficient (Wildman–Crippen LogP) is 5.37. The van der Waals surface area contributed by atoms with Crippen LogP contribution in [0.15, 0.2) is 53.4 Å². The van der Waals surface area contributed by atoms with Crippen molar-refractivity contribution in [2.45, 2.75) is 37.6 Å². The minimum atomic E-state index is 0.376. The fraction of sp³-hybridized carbons (Fsp3) is 0.333. The molecule has 7 heteroatoms. The van der Waals surface area contributed by atoms with E-state index in [9.17, 15) is 0 Å². The number of rotatable bonds is 5. The third-order valence-electron chi connectivity index (χ3n) is 6.41. The maximum absolute atomic E-state index is 6.64. The number of aromatic nitrogens is 3. The summed E-state index contributed by atoms with van der Waals surface area (Å²) in [4.78, 5) is 7.13. The monoisotopic (exact) mass is 432 g/mol. The van der Waals surface area contributed by atoms with Crippen molar-refractivity contribution in [1.29, 1.82) is 0 Å². The predicted molar refractivity (Wildman–Crippen MR) is 129 cm³/mol. The summed E-state index contributed by atoms with van der Waals surface area (Å²) in [5, 5.41) is 12.6. The Morgan fingerprint density at radius 1 is 1.10 bits per heavy atom. The lowest BCUT2D eigenvalue weighted by Crippen LogP contribution is -2.32. The second-order valence-corrected chi connectivity index (χ2v) is 9.30. The minimum absolute atomic E-state index is 0.376. The number of imidazole rings is 1. The minimum Gasteiger partial charge on any atom is -0.382 e. The van der Waals surface area contributed by atoms with Crippen molar-refractivity contribution in [3.8, 4) is 11.3 Å². The van der Waals surface area contributed by atoms with Crippen molar-refractivity contribution in [1.82, 2.24) is 19.5 Å².